The van der Waals surface area contributed by atoms with Crippen LogP contribution in [0.25, 0.3) is 22.4 Å². The molecule has 3 rings (SSSR count). The number of hydrogen-bond donors (Lipinski definition) is 0. The molecular weight excluding hydrogens is 258 g/mol. The zero-order valence-electron chi connectivity index (χ0n) is 11.6. The normalized spacial score (nSPS) is 10.2. The van der Waals surface area contributed by atoms with Crippen molar-refractivity contribution in [3.63, 3.8) is 0 Å². The minimum absolute atomic E-state index is 0.462. The molecule has 0 aliphatic heterocycles. The third-order valence-electron chi connectivity index (χ3n) is 3.35. The van der Waals surface area contributed by atoms with Crippen LogP contribution in [0, 0.1) is 11.3 Å². The van der Waals surface area contributed by atoms with Crippen molar-refractivity contribution in [2.75, 3.05) is 0 Å². The van der Waals surface area contributed by atoms with Crippen molar-refractivity contribution in [2.24, 2.45) is 0 Å². The topological polar surface area (TPSA) is 41.6 Å². The Balaban J connectivity index is 2.09. The maximum Gasteiger partial charge on any atom is 0.100 e. The van der Waals surface area contributed by atoms with E-state index in [9.17, 15) is 0 Å². The van der Waals surface area contributed by atoms with E-state index in [4.69, 9.17) is 5.26 Å². The van der Waals surface area contributed by atoms with Gasteiger partial charge in [-0.1, -0.05) is 60.7 Å². The van der Waals surface area contributed by atoms with Crippen molar-refractivity contribution in [2.45, 2.75) is 13.0 Å². The van der Waals surface area contributed by atoms with Crippen molar-refractivity contribution in [3.8, 4) is 28.5 Å². The molecule has 0 aliphatic rings. The molecule has 0 unspecified atom stereocenters. The molecule has 3 nitrogen and oxygen atoms in total. The Bertz CT molecular complexity index is 695. The molecule has 0 spiro atoms. The Labute approximate surface area is 124 Å². The lowest BCUT2D eigenvalue weighted by Gasteiger charge is -2.02. The van der Waals surface area contributed by atoms with Crippen LogP contribution < -0.4 is 0 Å². The fourth-order valence-corrected chi connectivity index (χ4v) is 2.34. The number of rotatable bonds is 4. The third kappa shape index (κ3) is 2.85. The zero-order valence-corrected chi connectivity index (χ0v) is 11.6. The average Bonchev–Trinajstić information content (AvgIpc) is 2.99. The van der Waals surface area contributed by atoms with E-state index in [1.807, 2.05) is 47.3 Å². The highest BCUT2D eigenvalue weighted by Gasteiger charge is 2.12. The van der Waals surface area contributed by atoms with Crippen LogP contribution in [0.4, 0.5) is 0 Å². The second-order valence-electron chi connectivity index (χ2n) is 4.79. The van der Waals surface area contributed by atoms with Gasteiger partial charge in [0.2, 0.25) is 0 Å². The summed E-state index contributed by atoms with van der Waals surface area (Å²) in [6.07, 6.45) is 2.49. The van der Waals surface area contributed by atoms with E-state index < -0.39 is 0 Å². The highest BCUT2D eigenvalue weighted by atomic mass is 15.3. The summed E-state index contributed by atoms with van der Waals surface area (Å²) in [6.45, 7) is 0.614. The lowest BCUT2D eigenvalue weighted by molar-refractivity contribution is 0.630. The molecule has 0 aliphatic carbocycles. The van der Waals surface area contributed by atoms with Crippen LogP contribution >= 0.6 is 0 Å². The molecule has 1 heterocycles. The van der Waals surface area contributed by atoms with Gasteiger partial charge in [-0.25, -0.2) is 0 Å². The monoisotopic (exact) mass is 273 g/mol. The van der Waals surface area contributed by atoms with E-state index in [0.29, 0.717) is 13.0 Å². The first kappa shape index (κ1) is 13.1. The van der Waals surface area contributed by atoms with E-state index in [-0.39, 0.29) is 0 Å². The van der Waals surface area contributed by atoms with Crippen LogP contribution in [0.1, 0.15) is 6.42 Å². The molecule has 1 aromatic heterocycles. The fraction of sp³-hybridized carbons (Fsp3) is 0.111. The Morgan fingerprint density at radius 1 is 0.905 bits per heavy atom. The lowest BCUT2D eigenvalue weighted by atomic mass is 10.0. The quantitative estimate of drug-likeness (QED) is 0.717. The Morgan fingerprint density at radius 2 is 1.52 bits per heavy atom. The van der Waals surface area contributed by atoms with Crippen LogP contribution in [0.2, 0.25) is 0 Å². The number of hydrogen-bond acceptors (Lipinski definition) is 2. The van der Waals surface area contributed by atoms with Gasteiger partial charge in [0.05, 0.1) is 19.0 Å². The van der Waals surface area contributed by atoms with E-state index in [2.05, 4.69) is 35.4 Å². The summed E-state index contributed by atoms with van der Waals surface area (Å²) in [4.78, 5) is 0. The van der Waals surface area contributed by atoms with Gasteiger partial charge >= 0.3 is 0 Å². The number of nitriles is 1. The van der Waals surface area contributed by atoms with Gasteiger partial charge in [0, 0.05) is 17.3 Å². The number of benzene rings is 2. The van der Waals surface area contributed by atoms with Crippen LogP contribution in [0.15, 0.2) is 66.9 Å². The maximum atomic E-state index is 8.75. The summed E-state index contributed by atoms with van der Waals surface area (Å²) in [5.41, 5.74) is 4.28. The molecule has 0 N–H and O–H groups in total. The molecule has 0 saturated heterocycles. The van der Waals surface area contributed by atoms with Gasteiger partial charge in [-0.15, -0.1) is 0 Å². The number of aryl methyl sites for hydroxylation is 1. The van der Waals surface area contributed by atoms with Gasteiger partial charge in [0.1, 0.15) is 5.69 Å². The second-order valence-corrected chi connectivity index (χ2v) is 4.79. The molecule has 0 bridgehead atoms. The summed E-state index contributed by atoms with van der Waals surface area (Å²) >= 11 is 0. The predicted octanol–water partition coefficient (Wildman–Crippen LogP) is 4.13. The smallest absolute Gasteiger partial charge is 0.100 e. The number of nitrogens with zero attached hydrogens (tertiary/aromatic N) is 3. The van der Waals surface area contributed by atoms with Gasteiger partial charge in [-0.2, -0.15) is 10.4 Å². The summed E-state index contributed by atoms with van der Waals surface area (Å²) in [5.74, 6) is 0. The first-order valence-corrected chi connectivity index (χ1v) is 6.94. The molecule has 2 aromatic carbocycles. The van der Waals surface area contributed by atoms with E-state index >= 15 is 0 Å². The Kier molecular flexibility index (Phi) is 3.79. The number of aromatic nitrogens is 2. The minimum atomic E-state index is 0.462. The van der Waals surface area contributed by atoms with Crippen molar-refractivity contribution in [1.29, 1.82) is 5.26 Å². The van der Waals surface area contributed by atoms with Gasteiger partial charge in [-0.05, 0) is 5.56 Å². The van der Waals surface area contributed by atoms with E-state index in [1.165, 1.54) is 0 Å². The molecular formula is C18H15N3. The first-order chi connectivity index (χ1) is 10.4. The van der Waals surface area contributed by atoms with Gasteiger partial charge in [0.25, 0.3) is 0 Å². The maximum absolute atomic E-state index is 8.75. The Morgan fingerprint density at radius 3 is 2.14 bits per heavy atom. The van der Waals surface area contributed by atoms with E-state index in [0.717, 1.165) is 22.4 Å². The average molecular weight is 273 g/mol. The van der Waals surface area contributed by atoms with Gasteiger partial charge in [-0.3, -0.25) is 4.68 Å². The van der Waals surface area contributed by atoms with Crippen LogP contribution in [0.5, 0.6) is 0 Å². The molecule has 3 heteroatoms. The zero-order chi connectivity index (χ0) is 14.5. The Hall–Kier alpha value is -2.86. The van der Waals surface area contributed by atoms with Crippen molar-refractivity contribution < 1.29 is 0 Å². The fourth-order valence-electron chi connectivity index (χ4n) is 2.34. The molecule has 0 fully saturated rings. The van der Waals surface area contributed by atoms with Crippen LogP contribution in [0.3, 0.4) is 0 Å². The summed E-state index contributed by atoms with van der Waals surface area (Å²) in [6, 6.07) is 22.5. The summed E-state index contributed by atoms with van der Waals surface area (Å²) < 4.78 is 1.86. The highest BCUT2D eigenvalue weighted by Crippen LogP contribution is 2.30. The lowest BCUT2D eigenvalue weighted by Crippen LogP contribution is -1.97. The first-order valence-electron chi connectivity index (χ1n) is 6.94. The minimum Gasteiger partial charge on any atom is -0.270 e. The summed E-state index contributed by atoms with van der Waals surface area (Å²) in [5, 5.41) is 13.4. The molecule has 0 amide bonds. The molecule has 102 valence electrons. The third-order valence-corrected chi connectivity index (χ3v) is 3.35. The molecule has 0 saturated carbocycles. The van der Waals surface area contributed by atoms with Crippen molar-refractivity contribution in [3.05, 3.63) is 66.9 Å². The SMILES string of the molecule is N#CCCn1cc(-c2ccccc2)c(-c2ccccc2)n1. The predicted molar refractivity (Wildman–Crippen MR) is 83.3 cm³/mol. The summed E-state index contributed by atoms with van der Waals surface area (Å²) in [7, 11) is 0. The molecule has 0 radical (unpaired) electrons. The largest absolute Gasteiger partial charge is 0.270 e. The van der Waals surface area contributed by atoms with E-state index in [1.54, 1.807) is 0 Å². The van der Waals surface area contributed by atoms with Gasteiger partial charge < -0.3 is 0 Å². The highest BCUT2D eigenvalue weighted by molar-refractivity contribution is 5.80. The molecule has 0 atom stereocenters. The van der Waals surface area contributed by atoms with Crippen LogP contribution in [-0.4, -0.2) is 9.78 Å². The molecule has 21 heavy (non-hydrogen) atoms. The van der Waals surface area contributed by atoms with Crippen molar-refractivity contribution in [1.82, 2.24) is 9.78 Å². The standard InChI is InChI=1S/C18H15N3/c19-12-7-13-21-14-17(15-8-3-1-4-9-15)18(20-21)16-10-5-2-6-11-16/h1-6,8-11,14H,7,13H2. The van der Waals surface area contributed by atoms with Gasteiger partial charge in [0.15, 0.2) is 0 Å². The van der Waals surface area contributed by atoms with Crippen LogP contribution in [-0.2, 0) is 6.54 Å². The second kappa shape index (κ2) is 6.06. The van der Waals surface area contributed by atoms with Crippen molar-refractivity contribution >= 4 is 0 Å². The molecule has 3 aromatic rings.